The first-order chi connectivity index (χ1) is 22.2. The fourth-order valence-corrected chi connectivity index (χ4v) is 8.15. The molecule has 4 N–H and O–H groups in total. The van der Waals surface area contributed by atoms with Gasteiger partial charge < -0.3 is 26.2 Å². The summed E-state index contributed by atoms with van der Waals surface area (Å²) in [5.41, 5.74) is -1.36. The maximum Gasteiger partial charge on any atom is 0.315 e. The van der Waals surface area contributed by atoms with Gasteiger partial charge in [0.2, 0.25) is 17.6 Å². The molecule has 2 aliphatic heterocycles. The average Bonchev–Trinajstić information content (AvgIpc) is 3.69. The van der Waals surface area contributed by atoms with E-state index < -0.39 is 69.4 Å². The van der Waals surface area contributed by atoms with Crippen molar-refractivity contribution in [3.05, 3.63) is 12.7 Å². The zero-order chi connectivity index (χ0) is 35.8. The average molecular weight is 678 g/mol. The Morgan fingerprint density at radius 3 is 2.23 bits per heavy atom. The van der Waals surface area contributed by atoms with E-state index in [9.17, 15) is 28.2 Å². The molecule has 2 saturated heterocycles. The third kappa shape index (κ3) is 12.1. The highest BCUT2D eigenvalue weighted by Gasteiger charge is 2.46. The van der Waals surface area contributed by atoms with Gasteiger partial charge in [-0.3, -0.25) is 23.4 Å². The van der Waals surface area contributed by atoms with Crippen molar-refractivity contribution in [1.29, 1.82) is 0 Å². The van der Waals surface area contributed by atoms with Gasteiger partial charge in [0.15, 0.2) is 0 Å². The summed E-state index contributed by atoms with van der Waals surface area (Å²) < 4.78 is 12.8. The minimum absolute atomic E-state index is 0.0678. The van der Waals surface area contributed by atoms with Crippen LogP contribution < -0.4 is 21.3 Å². The molecular formula is C35H59N5O6S. The van der Waals surface area contributed by atoms with Crippen LogP contribution in [0, 0.1) is 17.8 Å². The minimum atomic E-state index is -1.15. The summed E-state index contributed by atoms with van der Waals surface area (Å²) in [6.07, 6.45) is 12.9. The summed E-state index contributed by atoms with van der Waals surface area (Å²) in [6, 6.07) is -3.51. The lowest BCUT2D eigenvalue weighted by Gasteiger charge is -2.40. The molecule has 0 saturated carbocycles. The molecule has 5 amide bonds. The number of terminal acetylenes is 1. The first-order valence-electron chi connectivity index (χ1n) is 17.1. The lowest BCUT2D eigenvalue weighted by Crippen LogP contribution is -2.64. The quantitative estimate of drug-likeness (QED) is 0.118. The predicted octanol–water partition coefficient (Wildman–Crippen LogP) is 3.74. The number of likely N-dealkylation sites (tertiary alicyclic amines) is 1. The van der Waals surface area contributed by atoms with E-state index >= 15 is 0 Å². The number of carbonyl (C=O) groups is 5. The first kappa shape index (κ1) is 41.8. The summed E-state index contributed by atoms with van der Waals surface area (Å²) in [5.74, 6) is 0.385. The number of amides is 5. The summed E-state index contributed by atoms with van der Waals surface area (Å²) in [5, 5.41) is 10.9. The van der Waals surface area contributed by atoms with Crippen molar-refractivity contribution >= 4 is 40.3 Å². The molecule has 2 heterocycles. The van der Waals surface area contributed by atoms with Crippen LogP contribution in [0.2, 0.25) is 0 Å². The normalized spacial score (nSPS) is 21.5. The van der Waals surface area contributed by atoms with E-state index in [1.807, 2.05) is 34.6 Å². The van der Waals surface area contributed by atoms with Crippen LogP contribution in [0.25, 0.3) is 0 Å². The molecule has 0 bridgehead atoms. The predicted molar refractivity (Wildman–Crippen MR) is 188 cm³/mol. The standard InChI is InChI=1S/C32H51N5O6S.C3H8/c1-8-12-15-22(25(38)28(40)33-19-10-3)34-27(39)23-16-13-20-37(23)29(41)26(31(5,6)7)35-30(42)36-32(11-4,18-9-2)24-17-14-21-44(24)43;1-3-2/h1,10,22-24,26H,3,9,11-21H2,2,4-7H3,(H,33,40)(H,34,39)(H2,35,36,42);3H2,1-2H3/t22?,23-,24?,26?,32?,44?;/m0./s1. The summed E-state index contributed by atoms with van der Waals surface area (Å²) in [4.78, 5) is 67.6. The van der Waals surface area contributed by atoms with Crippen LogP contribution in [0.5, 0.6) is 0 Å². The number of urea groups is 1. The Hall–Kier alpha value is -3.20. The molecule has 0 radical (unpaired) electrons. The van der Waals surface area contributed by atoms with E-state index in [4.69, 9.17) is 6.42 Å². The molecule has 6 atom stereocenters. The Kier molecular flexibility index (Phi) is 18.0. The van der Waals surface area contributed by atoms with E-state index in [2.05, 4.69) is 47.6 Å². The second-order valence-corrected chi connectivity index (χ2v) is 15.2. The third-order valence-corrected chi connectivity index (χ3v) is 10.5. The SMILES string of the molecule is C#CCCC(NC(=O)[C@@H]1CCCN1C(=O)C(NC(=O)NC(CC)(CCC)C1CCCS1=O)C(C)(C)C)C(=O)C(=O)NCC=C.CCC. The molecular weight excluding hydrogens is 618 g/mol. The highest BCUT2D eigenvalue weighted by atomic mass is 32.2. The Labute approximate surface area is 285 Å². The van der Waals surface area contributed by atoms with Crippen LogP contribution in [0.15, 0.2) is 12.7 Å². The molecule has 2 aliphatic rings. The lowest BCUT2D eigenvalue weighted by molar-refractivity contribution is -0.143. The number of nitrogens with zero attached hydrogens (tertiary/aromatic N) is 1. The van der Waals surface area contributed by atoms with Gasteiger partial charge in [-0.1, -0.05) is 67.4 Å². The molecule has 0 aromatic rings. The van der Waals surface area contributed by atoms with Crippen molar-refractivity contribution in [1.82, 2.24) is 26.2 Å². The van der Waals surface area contributed by atoms with E-state index in [-0.39, 0.29) is 24.6 Å². The number of ketones is 1. The number of hydrogen-bond acceptors (Lipinski definition) is 6. The summed E-state index contributed by atoms with van der Waals surface area (Å²) >= 11 is 0. The monoisotopic (exact) mass is 677 g/mol. The zero-order valence-corrected chi connectivity index (χ0v) is 30.5. The smallest absolute Gasteiger partial charge is 0.315 e. The number of rotatable bonds is 15. The third-order valence-electron chi connectivity index (χ3n) is 8.50. The van der Waals surface area contributed by atoms with Gasteiger partial charge in [-0.2, -0.15) is 0 Å². The highest BCUT2D eigenvalue weighted by molar-refractivity contribution is 7.86. The summed E-state index contributed by atoms with van der Waals surface area (Å²) in [7, 11) is -1.04. The van der Waals surface area contributed by atoms with Gasteiger partial charge in [-0.25, -0.2) is 4.79 Å². The van der Waals surface area contributed by atoms with E-state index in [1.165, 1.54) is 17.4 Å². The van der Waals surface area contributed by atoms with Gasteiger partial charge in [-0.15, -0.1) is 18.9 Å². The van der Waals surface area contributed by atoms with Crippen LogP contribution in [0.3, 0.4) is 0 Å². The van der Waals surface area contributed by atoms with Crippen LogP contribution in [0.4, 0.5) is 4.79 Å². The van der Waals surface area contributed by atoms with Gasteiger partial charge in [0, 0.05) is 36.1 Å². The van der Waals surface area contributed by atoms with Gasteiger partial charge >= 0.3 is 6.03 Å². The molecule has 266 valence electrons. The molecule has 12 heteroatoms. The Balaban J connectivity index is 0.00000354. The zero-order valence-electron chi connectivity index (χ0n) is 29.7. The molecule has 0 aliphatic carbocycles. The number of nitrogens with one attached hydrogen (secondary N) is 4. The van der Waals surface area contributed by atoms with Gasteiger partial charge in [0.05, 0.1) is 16.8 Å². The number of carbonyl (C=O) groups excluding carboxylic acids is 5. The van der Waals surface area contributed by atoms with Crippen molar-refractivity contribution in [3.63, 3.8) is 0 Å². The van der Waals surface area contributed by atoms with Crippen LogP contribution >= 0.6 is 0 Å². The largest absolute Gasteiger partial charge is 0.346 e. The molecule has 47 heavy (non-hydrogen) atoms. The van der Waals surface area contributed by atoms with Crippen LogP contribution in [-0.2, 0) is 30.0 Å². The summed E-state index contributed by atoms with van der Waals surface area (Å²) in [6.45, 7) is 17.7. The molecule has 5 unspecified atom stereocenters. The van der Waals surface area contributed by atoms with Gasteiger partial charge in [-0.05, 0) is 50.4 Å². The lowest BCUT2D eigenvalue weighted by atomic mass is 9.84. The fourth-order valence-electron chi connectivity index (χ4n) is 6.14. The maximum atomic E-state index is 14.0. The maximum absolute atomic E-state index is 14.0. The van der Waals surface area contributed by atoms with Crippen LogP contribution in [-0.4, -0.2) is 86.4 Å². The number of hydrogen-bond donors (Lipinski definition) is 4. The van der Waals surface area contributed by atoms with Crippen molar-refractivity contribution in [2.24, 2.45) is 5.41 Å². The van der Waals surface area contributed by atoms with E-state index in [0.717, 1.165) is 19.3 Å². The van der Waals surface area contributed by atoms with Gasteiger partial charge in [0.25, 0.3) is 5.91 Å². The number of Topliss-reactive ketones (excluding diaryl/α,β-unsaturated/α-hetero) is 1. The molecule has 0 spiro atoms. The molecule has 2 fully saturated rings. The van der Waals surface area contributed by atoms with E-state index in [1.54, 1.807) is 0 Å². The Morgan fingerprint density at radius 1 is 1.06 bits per heavy atom. The topological polar surface area (TPSA) is 154 Å². The van der Waals surface area contributed by atoms with Crippen molar-refractivity contribution in [3.8, 4) is 12.3 Å². The second-order valence-electron chi connectivity index (χ2n) is 13.4. The van der Waals surface area contributed by atoms with Gasteiger partial charge in [0.1, 0.15) is 12.1 Å². The Bertz CT molecular complexity index is 1160. The molecule has 0 aromatic carbocycles. The fraction of sp³-hybridized carbons (Fsp3) is 0.743. The molecule has 11 nitrogen and oxygen atoms in total. The highest BCUT2D eigenvalue weighted by Crippen LogP contribution is 2.33. The first-order valence-corrected chi connectivity index (χ1v) is 18.5. The van der Waals surface area contributed by atoms with E-state index in [0.29, 0.717) is 38.0 Å². The second kappa shape index (κ2) is 20.2. The van der Waals surface area contributed by atoms with Crippen molar-refractivity contribution < 1.29 is 28.2 Å². The molecule has 0 aromatic heterocycles. The molecule has 2 rings (SSSR count). The van der Waals surface area contributed by atoms with Crippen molar-refractivity contribution in [2.75, 3.05) is 18.8 Å². The van der Waals surface area contributed by atoms with Crippen LogP contribution in [0.1, 0.15) is 113 Å². The Morgan fingerprint density at radius 2 is 1.72 bits per heavy atom. The van der Waals surface area contributed by atoms with Crippen molar-refractivity contribution in [2.45, 2.75) is 142 Å². The minimum Gasteiger partial charge on any atom is -0.346 e.